The molecule has 1 nitrogen and oxygen atoms in total. The lowest BCUT2D eigenvalue weighted by Crippen LogP contribution is -2.36. The van der Waals surface area contributed by atoms with Gasteiger partial charge in [0.05, 0.1) is 0 Å². The molecule has 3 fully saturated rings. The minimum atomic E-state index is -1.49. The molecule has 0 N–H and O–H groups in total. The summed E-state index contributed by atoms with van der Waals surface area (Å²) in [5, 5.41) is 0. The van der Waals surface area contributed by atoms with E-state index in [0.717, 1.165) is 42.9 Å². The molecule has 3 rings (SSSR count). The van der Waals surface area contributed by atoms with Gasteiger partial charge in [0.15, 0.2) is 8.32 Å². The summed E-state index contributed by atoms with van der Waals surface area (Å²) in [6, 6.07) is 0. The van der Waals surface area contributed by atoms with Crippen molar-refractivity contribution in [1.29, 1.82) is 0 Å². The second-order valence-corrected chi connectivity index (χ2v) is 17.5. The molecule has 0 aliphatic heterocycles. The first kappa shape index (κ1) is 26.0. The number of fused-ring (bicyclic) bond motifs is 1. The third-order valence-corrected chi connectivity index (χ3v) is 9.89. The Morgan fingerprint density at radius 3 is 2.50 bits per heavy atom. The van der Waals surface area contributed by atoms with Crippen LogP contribution in [0.5, 0.6) is 0 Å². The first-order chi connectivity index (χ1) is 15.0. The van der Waals surface area contributed by atoms with Crippen LogP contribution in [0.25, 0.3) is 0 Å². The molecule has 3 saturated carbocycles. The van der Waals surface area contributed by atoms with E-state index in [1.54, 1.807) is 5.57 Å². The van der Waals surface area contributed by atoms with Crippen LogP contribution in [0.15, 0.2) is 35.5 Å². The van der Waals surface area contributed by atoms with Crippen molar-refractivity contribution < 1.29 is 4.43 Å². The third kappa shape index (κ3) is 6.50. The van der Waals surface area contributed by atoms with Crippen LogP contribution in [0.4, 0.5) is 0 Å². The van der Waals surface area contributed by atoms with Crippen LogP contribution in [0, 0.1) is 29.1 Å². The molecule has 5 unspecified atom stereocenters. The molecule has 32 heavy (non-hydrogen) atoms. The van der Waals surface area contributed by atoms with Crippen LogP contribution in [0.3, 0.4) is 0 Å². The van der Waals surface area contributed by atoms with Crippen LogP contribution in [0.1, 0.15) is 98.3 Å². The van der Waals surface area contributed by atoms with Crippen molar-refractivity contribution in [2.24, 2.45) is 29.1 Å². The zero-order valence-electron chi connectivity index (χ0n) is 22.4. The Hall–Kier alpha value is -0.603. The van der Waals surface area contributed by atoms with E-state index in [2.05, 4.69) is 66.1 Å². The fourth-order valence-corrected chi connectivity index (χ4v) is 8.45. The molecule has 5 atom stereocenters. The molecule has 0 heterocycles. The molecule has 0 aromatic carbocycles. The number of hydrogen-bond donors (Lipinski definition) is 0. The van der Waals surface area contributed by atoms with Crippen molar-refractivity contribution >= 4 is 8.32 Å². The fraction of sp³-hybridized carbons (Fsp3) is 0.800. The van der Waals surface area contributed by atoms with Gasteiger partial charge in [-0.1, -0.05) is 76.8 Å². The minimum Gasteiger partial charge on any atom is -0.414 e. The average Bonchev–Trinajstić information content (AvgIpc) is 3.04. The van der Waals surface area contributed by atoms with Crippen LogP contribution in [0.2, 0.25) is 19.6 Å². The Labute approximate surface area is 201 Å². The van der Waals surface area contributed by atoms with Gasteiger partial charge in [-0.2, -0.15) is 0 Å². The number of rotatable bonds is 8. The molecule has 2 heteroatoms. The van der Waals surface area contributed by atoms with Gasteiger partial charge >= 0.3 is 0 Å². The molecule has 3 aliphatic rings. The fourth-order valence-electron chi connectivity index (χ4n) is 7.25. The van der Waals surface area contributed by atoms with Gasteiger partial charge in [-0.15, -0.1) is 0 Å². The van der Waals surface area contributed by atoms with Crippen molar-refractivity contribution in [3.63, 3.8) is 0 Å². The zero-order chi connectivity index (χ0) is 23.5. The van der Waals surface area contributed by atoms with Gasteiger partial charge in [-0.05, 0) is 106 Å². The van der Waals surface area contributed by atoms with E-state index in [9.17, 15) is 0 Å². The Bertz CT molecular complexity index is 709. The number of allylic oxidation sites excluding steroid dienone is 4. The zero-order valence-corrected chi connectivity index (χ0v) is 23.4. The highest BCUT2D eigenvalue weighted by atomic mass is 28.4. The van der Waals surface area contributed by atoms with Crippen LogP contribution in [-0.2, 0) is 4.43 Å². The Morgan fingerprint density at radius 1 is 1.06 bits per heavy atom. The van der Waals surface area contributed by atoms with Gasteiger partial charge in [0, 0.05) is 6.10 Å². The minimum absolute atomic E-state index is 0.399. The largest absolute Gasteiger partial charge is 0.414 e. The Morgan fingerprint density at radius 2 is 1.81 bits per heavy atom. The van der Waals surface area contributed by atoms with Crippen LogP contribution in [-0.4, -0.2) is 14.4 Å². The smallest absolute Gasteiger partial charge is 0.184 e. The maximum absolute atomic E-state index is 6.46. The molecule has 3 aliphatic carbocycles. The summed E-state index contributed by atoms with van der Waals surface area (Å²) in [6.07, 6.45) is 19.9. The summed E-state index contributed by atoms with van der Waals surface area (Å²) >= 11 is 0. The van der Waals surface area contributed by atoms with Gasteiger partial charge in [-0.25, -0.2) is 0 Å². The predicted molar refractivity (Wildman–Crippen MR) is 143 cm³/mol. The van der Waals surface area contributed by atoms with Crippen molar-refractivity contribution in [2.45, 2.75) is 124 Å². The highest BCUT2D eigenvalue weighted by Gasteiger charge is 2.50. The van der Waals surface area contributed by atoms with E-state index < -0.39 is 8.32 Å². The van der Waals surface area contributed by atoms with Crippen molar-refractivity contribution in [3.8, 4) is 0 Å². The standard InChI is InChI=1S/C30H52OSi/c1-22(2)11-9-12-24(4)28-18-19-29-25(13-10-20-30(28,29)5)15-16-26-21-27(17-14-23(26)3)31-32(6,7)8/h15-16,22,24,27-29H,3,9-14,17-21H2,1-2,4-8H3/b25-15+,26-16+. The van der Waals surface area contributed by atoms with Gasteiger partial charge in [0.2, 0.25) is 0 Å². The third-order valence-electron chi connectivity index (χ3n) is 8.85. The second-order valence-electron chi connectivity index (χ2n) is 13.0. The topological polar surface area (TPSA) is 9.23 Å². The summed E-state index contributed by atoms with van der Waals surface area (Å²) in [5.41, 5.74) is 5.06. The maximum atomic E-state index is 6.46. The Kier molecular flexibility index (Phi) is 8.75. The molecule has 0 saturated heterocycles. The second kappa shape index (κ2) is 10.8. The lowest BCUT2D eigenvalue weighted by atomic mass is 9.60. The highest BCUT2D eigenvalue weighted by molar-refractivity contribution is 6.69. The number of hydrogen-bond acceptors (Lipinski definition) is 1. The average molecular weight is 457 g/mol. The highest BCUT2D eigenvalue weighted by Crippen LogP contribution is 2.60. The normalized spacial score (nSPS) is 35.0. The summed E-state index contributed by atoms with van der Waals surface area (Å²) in [6.45, 7) is 21.3. The van der Waals surface area contributed by atoms with E-state index in [1.807, 2.05) is 0 Å². The first-order valence-electron chi connectivity index (χ1n) is 13.7. The van der Waals surface area contributed by atoms with Gasteiger partial charge < -0.3 is 4.43 Å². The Balaban J connectivity index is 1.69. The molecule has 0 aromatic rings. The lowest BCUT2D eigenvalue weighted by Gasteiger charge is -2.44. The van der Waals surface area contributed by atoms with Crippen molar-refractivity contribution in [1.82, 2.24) is 0 Å². The van der Waals surface area contributed by atoms with Crippen LogP contribution < -0.4 is 0 Å². The van der Waals surface area contributed by atoms with E-state index in [4.69, 9.17) is 4.43 Å². The van der Waals surface area contributed by atoms with E-state index in [1.165, 1.54) is 62.5 Å². The predicted octanol–water partition coefficient (Wildman–Crippen LogP) is 9.48. The monoisotopic (exact) mass is 456 g/mol. The van der Waals surface area contributed by atoms with Crippen LogP contribution >= 0.6 is 0 Å². The molecule has 0 bridgehead atoms. The first-order valence-corrected chi connectivity index (χ1v) is 17.2. The van der Waals surface area contributed by atoms with Crippen molar-refractivity contribution in [2.75, 3.05) is 0 Å². The summed E-state index contributed by atoms with van der Waals surface area (Å²) in [7, 11) is -1.49. The van der Waals surface area contributed by atoms with Gasteiger partial charge in [-0.3, -0.25) is 0 Å². The van der Waals surface area contributed by atoms with Crippen molar-refractivity contribution in [3.05, 3.63) is 35.5 Å². The summed E-state index contributed by atoms with van der Waals surface area (Å²) < 4.78 is 6.46. The molecule has 0 aromatic heterocycles. The van der Waals surface area contributed by atoms with Gasteiger partial charge in [0.1, 0.15) is 0 Å². The molecular formula is C30H52OSi. The SMILES string of the molecule is C=C1CCC(O[Si](C)(C)C)C/C1=C\C=C1/CCCC2(C)C1CCC2C(C)CCCC(C)C. The van der Waals surface area contributed by atoms with Gasteiger partial charge in [0.25, 0.3) is 0 Å². The van der Waals surface area contributed by atoms with E-state index in [0.29, 0.717) is 11.5 Å². The molecular weight excluding hydrogens is 404 g/mol. The molecule has 0 radical (unpaired) electrons. The quantitative estimate of drug-likeness (QED) is 0.330. The lowest BCUT2D eigenvalue weighted by molar-refractivity contribution is 0.0929. The summed E-state index contributed by atoms with van der Waals surface area (Å²) in [5.74, 6) is 3.43. The summed E-state index contributed by atoms with van der Waals surface area (Å²) in [4.78, 5) is 0. The maximum Gasteiger partial charge on any atom is 0.184 e. The molecule has 182 valence electrons. The molecule has 0 spiro atoms. The van der Waals surface area contributed by atoms with E-state index >= 15 is 0 Å². The van der Waals surface area contributed by atoms with E-state index in [-0.39, 0.29) is 0 Å². The molecule has 0 amide bonds.